The van der Waals surface area contributed by atoms with Crippen LogP contribution in [0.4, 0.5) is 31.6 Å². The van der Waals surface area contributed by atoms with Crippen molar-refractivity contribution in [3.05, 3.63) is 47.5 Å². The lowest BCUT2D eigenvalue weighted by Gasteiger charge is -2.30. The second kappa shape index (κ2) is 12.8. The summed E-state index contributed by atoms with van der Waals surface area (Å²) in [5, 5.41) is 0. The number of rotatable bonds is 6. The molecule has 2 heterocycles. The number of nitrogens with zero attached hydrogens (tertiary/aromatic N) is 6. The molecule has 2 aromatic heterocycles. The highest BCUT2D eigenvalue weighted by Crippen LogP contribution is 2.32. The summed E-state index contributed by atoms with van der Waals surface area (Å²) in [6.45, 7) is 16.1. The Morgan fingerprint density at radius 1 is 0.791 bits per heavy atom. The lowest BCUT2D eigenvalue weighted by molar-refractivity contribution is 0.00201. The molecule has 13 heteroatoms. The van der Waals surface area contributed by atoms with Gasteiger partial charge in [-0.1, -0.05) is 0 Å². The number of imide groups is 1. The molecule has 43 heavy (non-hydrogen) atoms. The van der Waals surface area contributed by atoms with Gasteiger partial charge in [-0.25, -0.2) is 34.2 Å². The normalized spacial score (nSPS) is 12.1. The van der Waals surface area contributed by atoms with Crippen LogP contribution in [-0.2, 0) is 14.2 Å². The summed E-state index contributed by atoms with van der Waals surface area (Å²) in [7, 11) is 1.83. The van der Waals surface area contributed by atoms with E-state index in [1.165, 1.54) is 4.90 Å². The molecule has 234 valence electrons. The Kier molecular flexibility index (Phi) is 10.00. The number of carbonyl (C=O) groups excluding carboxylic acids is 3. The number of fused-ring (bicyclic) bond motifs is 1. The van der Waals surface area contributed by atoms with E-state index in [4.69, 9.17) is 14.2 Å². The lowest BCUT2D eigenvalue weighted by atomic mass is 10.2. The molecule has 0 fully saturated rings. The summed E-state index contributed by atoms with van der Waals surface area (Å²) in [6.07, 6.45) is 2.93. The van der Waals surface area contributed by atoms with Crippen molar-refractivity contribution >= 4 is 57.0 Å². The van der Waals surface area contributed by atoms with Gasteiger partial charge in [0.1, 0.15) is 21.4 Å². The molecule has 0 aliphatic rings. The molecule has 3 aromatic rings. The molecule has 0 saturated carbocycles. The Hall–Kier alpha value is -3.87. The summed E-state index contributed by atoms with van der Waals surface area (Å²) in [6, 6.07) is 7.16. The van der Waals surface area contributed by atoms with Crippen LogP contribution < -0.4 is 9.80 Å². The number of anilines is 3. The minimum atomic E-state index is -0.787. The van der Waals surface area contributed by atoms with Gasteiger partial charge in [0, 0.05) is 37.9 Å². The topological polar surface area (TPSA) is 119 Å². The number of hydrogen-bond donors (Lipinski definition) is 0. The fourth-order valence-corrected chi connectivity index (χ4v) is 4.17. The maximum Gasteiger partial charge on any atom is 0.420 e. The number of imidazole rings is 1. The Balaban J connectivity index is 1.87. The van der Waals surface area contributed by atoms with Crippen LogP contribution in [0.5, 0.6) is 0 Å². The number of amides is 3. The zero-order valence-corrected chi connectivity index (χ0v) is 28.1. The summed E-state index contributed by atoms with van der Waals surface area (Å²) >= 11 is 3.42. The molecule has 0 bridgehead atoms. The van der Waals surface area contributed by atoms with E-state index in [0.717, 1.165) is 10.6 Å². The Morgan fingerprint density at radius 2 is 1.28 bits per heavy atom. The van der Waals surface area contributed by atoms with Gasteiger partial charge in [0.25, 0.3) is 0 Å². The maximum absolute atomic E-state index is 13.5. The highest BCUT2D eigenvalue weighted by atomic mass is 79.9. The van der Waals surface area contributed by atoms with Gasteiger partial charge in [-0.05, 0) is 103 Å². The second-order valence-corrected chi connectivity index (χ2v) is 13.7. The first kappa shape index (κ1) is 33.6. The monoisotopic (exact) mass is 660 g/mol. The first-order valence-electron chi connectivity index (χ1n) is 13.8. The minimum absolute atomic E-state index is 0.0198. The van der Waals surface area contributed by atoms with E-state index in [2.05, 4.69) is 25.9 Å². The molecule has 1 aromatic carbocycles. The van der Waals surface area contributed by atoms with Gasteiger partial charge in [0.2, 0.25) is 0 Å². The molecule has 3 amide bonds. The molecule has 0 spiro atoms. The molecular weight excluding hydrogens is 620 g/mol. The van der Waals surface area contributed by atoms with Crippen molar-refractivity contribution in [3.8, 4) is 0 Å². The van der Waals surface area contributed by atoms with E-state index in [-0.39, 0.29) is 13.1 Å². The molecule has 12 nitrogen and oxygen atoms in total. The quantitative estimate of drug-likeness (QED) is 0.253. The zero-order valence-electron chi connectivity index (χ0n) is 26.5. The molecule has 0 saturated heterocycles. The van der Waals surface area contributed by atoms with Gasteiger partial charge in [0.05, 0.1) is 12.2 Å². The van der Waals surface area contributed by atoms with Crippen molar-refractivity contribution in [1.82, 2.24) is 19.3 Å². The first-order chi connectivity index (χ1) is 19.7. The van der Waals surface area contributed by atoms with Crippen LogP contribution in [0.1, 0.15) is 62.3 Å². The largest absolute Gasteiger partial charge is 0.443 e. The molecule has 0 aliphatic carbocycles. The van der Waals surface area contributed by atoms with E-state index < -0.39 is 35.1 Å². The van der Waals surface area contributed by atoms with Crippen molar-refractivity contribution in [1.29, 1.82) is 0 Å². The molecule has 3 rings (SSSR count). The molecule has 0 radical (unpaired) electrons. The van der Waals surface area contributed by atoms with Crippen LogP contribution in [0.15, 0.2) is 47.5 Å². The molecule has 0 N–H and O–H groups in total. The highest BCUT2D eigenvalue weighted by molar-refractivity contribution is 9.10. The standard InChI is InChI=1S/C30H41BrN6O6/c1-28(2,3)41-25(38)36(26(39)42-29(4,5)6)18-17-34(10)20-11-13-21(14-12-20)37(27(40)43-30(7,8)9)24-23-32-15-16-35(23)19-22(31)33-24/h11-16,19H,17-18H2,1-10H3. The van der Waals surface area contributed by atoms with Gasteiger partial charge in [-0.3, -0.25) is 0 Å². The van der Waals surface area contributed by atoms with Crippen LogP contribution in [0.25, 0.3) is 5.65 Å². The highest BCUT2D eigenvalue weighted by Gasteiger charge is 2.32. The van der Waals surface area contributed by atoms with Crippen LogP contribution >= 0.6 is 15.9 Å². The van der Waals surface area contributed by atoms with Gasteiger partial charge in [-0.2, -0.15) is 0 Å². The SMILES string of the molecule is CN(CCN(C(=O)OC(C)(C)C)C(=O)OC(C)(C)C)c1ccc(N(C(=O)OC(C)(C)C)c2nc(Br)cn3ccnc23)cc1. The number of halogens is 1. The fourth-order valence-electron chi connectivity index (χ4n) is 3.78. The predicted molar refractivity (Wildman–Crippen MR) is 168 cm³/mol. The van der Waals surface area contributed by atoms with Gasteiger partial charge < -0.3 is 23.5 Å². The van der Waals surface area contributed by atoms with Gasteiger partial charge in [-0.15, -0.1) is 0 Å². The number of likely N-dealkylation sites (N-methyl/N-ethyl adjacent to an activating group) is 1. The second-order valence-electron chi connectivity index (χ2n) is 12.9. The Labute approximate surface area is 261 Å². The van der Waals surface area contributed by atoms with E-state index in [1.807, 2.05) is 24.1 Å². The summed E-state index contributed by atoms with van der Waals surface area (Å²) < 4.78 is 18.9. The third kappa shape index (κ3) is 9.57. The van der Waals surface area contributed by atoms with Gasteiger partial charge in [0.15, 0.2) is 11.5 Å². The van der Waals surface area contributed by atoms with Crippen molar-refractivity contribution in [2.24, 2.45) is 0 Å². The van der Waals surface area contributed by atoms with Crippen molar-refractivity contribution in [2.45, 2.75) is 79.1 Å². The van der Waals surface area contributed by atoms with E-state index in [1.54, 1.807) is 97.4 Å². The lowest BCUT2D eigenvalue weighted by Crippen LogP contribution is -2.46. The first-order valence-corrected chi connectivity index (χ1v) is 14.6. The Morgan fingerprint density at radius 3 is 1.79 bits per heavy atom. The average molecular weight is 662 g/mol. The number of benzene rings is 1. The van der Waals surface area contributed by atoms with E-state index in [0.29, 0.717) is 21.8 Å². The maximum atomic E-state index is 13.5. The number of ether oxygens (including phenoxy) is 3. The molecule has 0 aliphatic heterocycles. The van der Waals surface area contributed by atoms with E-state index in [9.17, 15) is 14.4 Å². The average Bonchev–Trinajstić information content (AvgIpc) is 3.29. The van der Waals surface area contributed by atoms with Crippen LogP contribution in [0, 0.1) is 0 Å². The molecule has 0 unspecified atom stereocenters. The third-order valence-corrected chi connectivity index (χ3v) is 5.93. The number of hydrogen-bond acceptors (Lipinski definition) is 9. The van der Waals surface area contributed by atoms with Crippen molar-refractivity contribution < 1.29 is 28.6 Å². The summed E-state index contributed by atoms with van der Waals surface area (Å²) in [4.78, 5) is 52.3. The number of aromatic nitrogens is 3. The minimum Gasteiger partial charge on any atom is -0.443 e. The van der Waals surface area contributed by atoms with Crippen LogP contribution in [0.3, 0.4) is 0 Å². The van der Waals surface area contributed by atoms with E-state index >= 15 is 0 Å². The zero-order chi connectivity index (χ0) is 32.3. The third-order valence-electron chi connectivity index (χ3n) is 5.55. The van der Waals surface area contributed by atoms with Crippen molar-refractivity contribution in [2.75, 3.05) is 29.9 Å². The summed E-state index contributed by atoms with van der Waals surface area (Å²) in [5.41, 5.74) is -0.573. The smallest absolute Gasteiger partial charge is 0.420 e. The summed E-state index contributed by atoms with van der Waals surface area (Å²) in [5.74, 6) is 0.292. The fraction of sp³-hybridized carbons (Fsp3) is 0.500. The van der Waals surface area contributed by atoms with Crippen LogP contribution in [-0.4, -0.2) is 74.5 Å². The van der Waals surface area contributed by atoms with Crippen molar-refractivity contribution in [3.63, 3.8) is 0 Å². The Bertz CT molecular complexity index is 1430. The van der Waals surface area contributed by atoms with Gasteiger partial charge >= 0.3 is 18.3 Å². The number of carbonyl (C=O) groups is 3. The predicted octanol–water partition coefficient (Wildman–Crippen LogP) is 7.17. The van der Waals surface area contributed by atoms with Crippen LogP contribution in [0.2, 0.25) is 0 Å². The molecule has 0 atom stereocenters. The molecular formula is C30H41BrN6O6.